The van der Waals surface area contributed by atoms with Gasteiger partial charge in [0, 0.05) is 44.1 Å². The van der Waals surface area contributed by atoms with Gasteiger partial charge in [0.2, 0.25) is 5.91 Å². The monoisotopic (exact) mass is 435 g/mol. The number of carbonyl (C=O) groups excluding carboxylic acids is 1. The standard InChI is InChI=1S/C26H30FN3O2/c1-18-5-3-6-21-15-22(26(28-25(18)21)30-13-4-7-24(32)17-30)16-29(19(2)31)14-12-20-8-10-23(27)11-9-20/h3,5-6,8-11,15,24,32H,4,7,12-14,16-17H2,1-2H3/t24-/m0/s1. The van der Waals surface area contributed by atoms with E-state index in [1.54, 1.807) is 19.1 Å². The van der Waals surface area contributed by atoms with Gasteiger partial charge in [-0.05, 0) is 55.5 Å². The molecular formula is C26H30FN3O2. The molecule has 4 rings (SSSR count). The summed E-state index contributed by atoms with van der Waals surface area (Å²) in [6.07, 6.45) is 2.00. The van der Waals surface area contributed by atoms with Gasteiger partial charge >= 0.3 is 0 Å². The number of rotatable bonds is 6. The first-order chi connectivity index (χ1) is 15.4. The molecule has 168 valence electrons. The number of aromatic nitrogens is 1. The van der Waals surface area contributed by atoms with Crippen molar-refractivity contribution in [2.24, 2.45) is 0 Å². The zero-order valence-electron chi connectivity index (χ0n) is 18.7. The maximum Gasteiger partial charge on any atom is 0.219 e. The highest BCUT2D eigenvalue weighted by Crippen LogP contribution is 2.29. The summed E-state index contributed by atoms with van der Waals surface area (Å²) in [7, 11) is 0. The summed E-state index contributed by atoms with van der Waals surface area (Å²) in [5, 5.41) is 11.3. The summed E-state index contributed by atoms with van der Waals surface area (Å²) in [5.41, 5.74) is 4.02. The molecule has 0 unspecified atom stereocenters. The summed E-state index contributed by atoms with van der Waals surface area (Å²) in [6.45, 7) is 5.99. The summed E-state index contributed by atoms with van der Waals surface area (Å²) in [4.78, 5) is 21.4. The molecule has 2 heterocycles. The molecule has 0 bridgehead atoms. The molecular weight excluding hydrogens is 405 g/mol. The number of pyridine rings is 1. The Morgan fingerprint density at radius 2 is 2.03 bits per heavy atom. The molecule has 1 atom stereocenters. The molecule has 1 aliphatic heterocycles. The Morgan fingerprint density at radius 1 is 1.25 bits per heavy atom. The third kappa shape index (κ3) is 5.07. The van der Waals surface area contributed by atoms with E-state index < -0.39 is 0 Å². The second-order valence-corrected chi connectivity index (χ2v) is 8.68. The van der Waals surface area contributed by atoms with E-state index >= 15 is 0 Å². The first kappa shape index (κ1) is 22.2. The molecule has 5 nitrogen and oxygen atoms in total. The van der Waals surface area contributed by atoms with Gasteiger partial charge in [0.25, 0.3) is 0 Å². The van der Waals surface area contributed by atoms with E-state index in [4.69, 9.17) is 4.98 Å². The van der Waals surface area contributed by atoms with Gasteiger partial charge in [-0.2, -0.15) is 0 Å². The first-order valence-corrected chi connectivity index (χ1v) is 11.2. The topological polar surface area (TPSA) is 56.7 Å². The molecule has 3 aromatic rings. The Balaban J connectivity index is 1.64. The zero-order chi connectivity index (χ0) is 22.7. The number of nitrogens with zero attached hydrogens (tertiary/aromatic N) is 3. The van der Waals surface area contributed by atoms with Gasteiger partial charge in [0.15, 0.2) is 0 Å². The first-order valence-electron chi connectivity index (χ1n) is 11.2. The number of carbonyl (C=O) groups is 1. The van der Waals surface area contributed by atoms with Crippen molar-refractivity contribution in [1.82, 2.24) is 9.88 Å². The van der Waals surface area contributed by atoms with Crippen LogP contribution in [-0.2, 0) is 17.8 Å². The van der Waals surface area contributed by atoms with Gasteiger partial charge < -0.3 is 14.9 Å². The quantitative estimate of drug-likeness (QED) is 0.629. The molecule has 1 fully saturated rings. The molecule has 6 heteroatoms. The minimum Gasteiger partial charge on any atom is -0.391 e. The van der Waals surface area contributed by atoms with Gasteiger partial charge in [0.1, 0.15) is 11.6 Å². The maximum absolute atomic E-state index is 13.2. The number of halogens is 1. The normalized spacial score (nSPS) is 16.4. The van der Waals surface area contributed by atoms with E-state index in [0.29, 0.717) is 26.1 Å². The molecule has 1 amide bonds. The van der Waals surface area contributed by atoms with Crippen LogP contribution in [0.25, 0.3) is 10.9 Å². The minimum absolute atomic E-state index is 0.0129. The van der Waals surface area contributed by atoms with Gasteiger partial charge in [-0.3, -0.25) is 4.79 Å². The zero-order valence-corrected chi connectivity index (χ0v) is 18.7. The fraction of sp³-hybridized carbons (Fsp3) is 0.385. The van der Waals surface area contributed by atoms with Crippen molar-refractivity contribution in [2.75, 3.05) is 24.5 Å². The Morgan fingerprint density at radius 3 is 2.75 bits per heavy atom. The fourth-order valence-corrected chi connectivity index (χ4v) is 4.39. The Labute approximate surface area is 188 Å². The Bertz CT molecular complexity index is 1100. The van der Waals surface area contributed by atoms with Crippen LogP contribution >= 0.6 is 0 Å². The smallest absolute Gasteiger partial charge is 0.219 e. The number of para-hydroxylation sites is 1. The molecule has 32 heavy (non-hydrogen) atoms. The lowest BCUT2D eigenvalue weighted by molar-refractivity contribution is -0.129. The van der Waals surface area contributed by atoms with Crippen LogP contribution in [0.1, 0.15) is 36.5 Å². The number of aliphatic hydroxyl groups is 1. The summed E-state index contributed by atoms with van der Waals surface area (Å²) in [6, 6.07) is 14.7. The Hall–Kier alpha value is -2.99. The van der Waals surface area contributed by atoms with Crippen molar-refractivity contribution in [3.05, 3.63) is 71.0 Å². The highest BCUT2D eigenvalue weighted by molar-refractivity contribution is 5.85. The minimum atomic E-state index is -0.367. The van der Waals surface area contributed by atoms with E-state index in [-0.39, 0.29) is 17.8 Å². The van der Waals surface area contributed by atoms with Crippen LogP contribution in [-0.4, -0.2) is 46.6 Å². The number of fused-ring (bicyclic) bond motifs is 1. The lowest BCUT2D eigenvalue weighted by Gasteiger charge is -2.33. The maximum atomic E-state index is 13.2. The number of benzene rings is 2. The number of anilines is 1. The summed E-state index contributed by atoms with van der Waals surface area (Å²) in [5.74, 6) is 0.572. The lowest BCUT2D eigenvalue weighted by Crippen LogP contribution is -2.40. The van der Waals surface area contributed by atoms with Crippen LogP contribution in [0.15, 0.2) is 48.5 Å². The van der Waals surface area contributed by atoms with E-state index in [0.717, 1.165) is 52.8 Å². The van der Waals surface area contributed by atoms with Gasteiger partial charge in [-0.25, -0.2) is 9.37 Å². The Kier molecular flexibility index (Phi) is 6.70. The van der Waals surface area contributed by atoms with Crippen molar-refractivity contribution in [2.45, 2.75) is 45.8 Å². The van der Waals surface area contributed by atoms with Crippen molar-refractivity contribution < 1.29 is 14.3 Å². The van der Waals surface area contributed by atoms with E-state index in [2.05, 4.69) is 24.0 Å². The molecule has 1 aliphatic rings. The van der Waals surface area contributed by atoms with Crippen LogP contribution in [0.2, 0.25) is 0 Å². The van der Waals surface area contributed by atoms with E-state index in [1.807, 2.05) is 17.0 Å². The van der Waals surface area contributed by atoms with Gasteiger partial charge in [0.05, 0.1) is 11.6 Å². The van der Waals surface area contributed by atoms with Crippen LogP contribution in [0.4, 0.5) is 10.2 Å². The summed E-state index contributed by atoms with van der Waals surface area (Å²) >= 11 is 0. The number of piperidine rings is 1. The fourth-order valence-electron chi connectivity index (χ4n) is 4.39. The van der Waals surface area contributed by atoms with Crippen molar-refractivity contribution >= 4 is 22.6 Å². The third-order valence-corrected chi connectivity index (χ3v) is 6.19. The predicted octanol–water partition coefficient (Wildman–Crippen LogP) is 4.23. The van der Waals surface area contributed by atoms with Crippen LogP contribution in [0.5, 0.6) is 0 Å². The van der Waals surface area contributed by atoms with Crippen molar-refractivity contribution in [3.8, 4) is 0 Å². The third-order valence-electron chi connectivity index (χ3n) is 6.19. The predicted molar refractivity (Wildman–Crippen MR) is 125 cm³/mol. The number of amides is 1. The largest absolute Gasteiger partial charge is 0.391 e. The SMILES string of the molecule is CC(=O)N(CCc1ccc(F)cc1)Cc1cc2cccc(C)c2nc1N1CCC[C@H](O)C1. The van der Waals surface area contributed by atoms with Gasteiger partial charge in [-0.15, -0.1) is 0 Å². The van der Waals surface area contributed by atoms with E-state index in [1.165, 1.54) is 12.1 Å². The van der Waals surface area contributed by atoms with Crippen LogP contribution in [0.3, 0.4) is 0 Å². The van der Waals surface area contributed by atoms with E-state index in [9.17, 15) is 14.3 Å². The molecule has 0 aliphatic carbocycles. The number of aryl methyl sites for hydroxylation is 1. The highest BCUT2D eigenvalue weighted by atomic mass is 19.1. The van der Waals surface area contributed by atoms with Gasteiger partial charge in [-0.1, -0.05) is 30.3 Å². The number of hydrogen-bond donors (Lipinski definition) is 1. The second-order valence-electron chi connectivity index (χ2n) is 8.68. The molecule has 0 saturated carbocycles. The molecule has 0 radical (unpaired) electrons. The number of aliphatic hydroxyl groups excluding tert-OH is 1. The average molecular weight is 436 g/mol. The lowest BCUT2D eigenvalue weighted by atomic mass is 10.0. The molecule has 2 aromatic carbocycles. The molecule has 1 N–H and O–H groups in total. The average Bonchev–Trinajstić information content (AvgIpc) is 2.77. The van der Waals surface area contributed by atoms with Crippen molar-refractivity contribution in [1.29, 1.82) is 0 Å². The summed E-state index contributed by atoms with van der Waals surface area (Å²) < 4.78 is 13.2. The second kappa shape index (κ2) is 9.65. The van der Waals surface area contributed by atoms with Crippen LogP contribution < -0.4 is 4.90 Å². The molecule has 1 saturated heterocycles. The highest BCUT2D eigenvalue weighted by Gasteiger charge is 2.23. The number of β-amino-alcohol motifs (C(OH)–C–C–N with tert-alkyl or cyclic N) is 1. The number of hydrogen-bond acceptors (Lipinski definition) is 4. The molecule has 0 spiro atoms. The van der Waals surface area contributed by atoms with Crippen molar-refractivity contribution in [3.63, 3.8) is 0 Å². The molecule has 1 aromatic heterocycles. The van der Waals surface area contributed by atoms with Crippen LogP contribution in [0, 0.1) is 12.7 Å².